The third kappa shape index (κ3) is 6.79. The van der Waals surface area contributed by atoms with Crippen LogP contribution in [0, 0.1) is 0 Å². The second-order valence-corrected chi connectivity index (χ2v) is 10.3. The van der Waals surface area contributed by atoms with Gasteiger partial charge in [-0.05, 0) is 36.6 Å². The van der Waals surface area contributed by atoms with E-state index in [0.29, 0.717) is 24.5 Å². The molecule has 0 bridgehead atoms. The third-order valence-corrected chi connectivity index (χ3v) is 7.45. The summed E-state index contributed by atoms with van der Waals surface area (Å²) in [6.07, 6.45) is 3.08. The zero-order chi connectivity index (χ0) is 23.8. The molecule has 1 fully saturated rings. The monoisotopic (exact) mass is 472 g/mol. The van der Waals surface area contributed by atoms with Gasteiger partial charge in [0.15, 0.2) is 0 Å². The molecular formula is C24H32N4O4S. The van der Waals surface area contributed by atoms with E-state index in [1.165, 1.54) is 10.4 Å². The lowest BCUT2D eigenvalue weighted by Crippen LogP contribution is -2.35. The van der Waals surface area contributed by atoms with Gasteiger partial charge in [-0.2, -0.15) is 4.31 Å². The highest BCUT2D eigenvalue weighted by Crippen LogP contribution is 2.30. The summed E-state index contributed by atoms with van der Waals surface area (Å²) in [5.74, 6) is -0.455. The highest BCUT2D eigenvalue weighted by Gasteiger charge is 2.27. The van der Waals surface area contributed by atoms with Crippen molar-refractivity contribution in [3.63, 3.8) is 0 Å². The summed E-state index contributed by atoms with van der Waals surface area (Å²) in [6.45, 7) is 1.23. The summed E-state index contributed by atoms with van der Waals surface area (Å²) in [4.78, 5) is 26.6. The number of nitrogens with zero attached hydrogens (tertiary/aromatic N) is 2. The molecule has 1 aliphatic rings. The molecule has 2 N–H and O–H groups in total. The van der Waals surface area contributed by atoms with Gasteiger partial charge in [0.25, 0.3) is 0 Å². The van der Waals surface area contributed by atoms with Gasteiger partial charge in [-0.3, -0.25) is 9.59 Å². The summed E-state index contributed by atoms with van der Waals surface area (Å²) >= 11 is 0. The minimum absolute atomic E-state index is 0.0799. The average Bonchev–Trinajstić information content (AvgIpc) is 2.80. The lowest BCUT2D eigenvalue weighted by molar-refractivity contribution is -0.120. The van der Waals surface area contributed by atoms with E-state index in [0.717, 1.165) is 24.8 Å². The number of hydrogen-bond donors (Lipinski definition) is 2. The number of piperidine rings is 1. The van der Waals surface area contributed by atoms with Crippen LogP contribution in [0.2, 0.25) is 0 Å². The predicted octanol–water partition coefficient (Wildman–Crippen LogP) is 2.61. The topological polar surface area (TPSA) is 98.8 Å². The van der Waals surface area contributed by atoms with Crippen LogP contribution in [0.5, 0.6) is 0 Å². The van der Waals surface area contributed by atoms with Crippen LogP contribution in [0.3, 0.4) is 0 Å². The molecule has 0 radical (unpaired) electrons. The molecular weight excluding hydrogens is 440 g/mol. The van der Waals surface area contributed by atoms with Crippen molar-refractivity contribution in [1.82, 2.24) is 9.62 Å². The third-order valence-electron chi connectivity index (χ3n) is 5.56. The lowest BCUT2D eigenvalue weighted by atomic mass is 10.1. The van der Waals surface area contributed by atoms with Crippen LogP contribution in [0.15, 0.2) is 53.4 Å². The smallest absolute Gasteiger partial charge is 0.243 e. The molecule has 33 heavy (non-hydrogen) atoms. The number of rotatable bonds is 9. The van der Waals surface area contributed by atoms with Crippen molar-refractivity contribution in [3.8, 4) is 0 Å². The molecule has 8 nitrogen and oxygen atoms in total. The van der Waals surface area contributed by atoms with Gasteiger partial charge in [-0.25, -0.2) is 8.42 Å². The number of sulfonamides is 1. The Morgan fingerprint density at radius 2 is 1.67 bits per heavy atom. The van der Waals surface area contributed by atoms with E-state index in [9.17, 15) is 18.0 Å². The van der Waals surface area contributed by atoms with Gasteiger partial charge in [-0.1, -0.05) is 36.8 Å². The highest BCUT2D eigenvalue weighted by atomic mass is 32.2. The number of nitrogens with one attached hydrogen (secondary N) is 2. The molecule has 1 heterocycles. The molecule has 1 saturated heterocycles. The minimum atomic E-state index is -3.61. The number of carbonyl (C=O) groups is 2. The van der Waals surface area contributed by atoms with Crippen molar-refractivity contribution in [2.75, 3.05) is 43.9 Å². The Kier molecular flexibility index (Phi) is 8.46. The first-order valence-electron chi connectivity index (χ1n) is 11.2. The van der Waals surface area contributed by atoms with Crippen molar-refractivity contribution in [1.29, 1.82) is 0 Å². The highest BCUT2D eigenvalue weighted by molar-refractivity contribution is 7.89. The normalized spacial score (nSPS) is 14.5. The Bertz CT molecular complexity index is 1070. The molecule has 0 atom stereocenters. The Hall–Kier alpha value is -2.91. The minimum Gasteiger partial charge on any atom is -0.376 e. The van der Waals surface area contributed by atoms with Crippen LogP contribution in [-0.2, 0) is 26.0 Å². The molecule has 0 spiro atoms. The SMILES string of the molecule is CN(C)c1ccc(S(=O)(=O)N2CCCCC2)cc1NC(=O)CCNC(=O)Cc1ccccc1. The van der Waals surface area contributed by atoms with Crippen LogP contribution >= 0.6 is 0 Å². The van der Waals surface area contributed by atoms with Crippen LogP contribution in [0.25, 0.3) is 0 Å². The van der Waals surface area contributed by atoms with Crippen LogP contribution in [0.1, 0.15) is 31.2 Å². The zero-order valence-corrected chi connectivity index (χ0v) is 20.0. The summed E-state index contributed by atoms with van der Waals surface area (Å²) in [6, 6.07) is 14.2. The first kappa shape index (κ1) is 24.7. The molecule has 0 saturated carbocycles. The van der Waals surface area contributed by atoms with Gasteiger partial charge in [0.1, 0.15) is 0 Å². The van der Waals surface area contributed by atoms with E-state index in [-0.39, 0.29) is 36.1 Å². The molecule has 9 heteroatoms. The summed E-state index contributed by atoms with van der Waals surface area (Å²) in [7, 11) is 0.0397. The van der Waals surface area contributed by atoms with Gasteiger partial charge in [0.2, 0.25) is 21.8 Å². The van der Waals surface area contributed by atoms with Crippen LogP contribution in [0.4, 0.5) is 11.4 Å². The van der Waals surface area contributed by atoms with Gasteiger partial charge in [0, 0.05) is 40.2 Å². The van der Waals surface area contributed by atoms with Crippen molar-refractivity contribution in [2.24, 2.45) is 0 Å². The van der Waals surface area contributed by atoms with Gasteiger partial charge in [0.05, 0.1) is 22.7 Å². The predicted molar refractivity (Wildman–Crippen MR) is 130 cm³/mol. The first-order chi connectivity index (χ1) is 15.8. The molecule has 0 aromatic heterocycles. The number of anilines is 2. The first-order valence-corrected chi connectivity index (χ1v) is 12.6. The number of carbonyl (C=O) groups excluding carboxylic acids is 2. The van der Waals surface area contributed by atoms with E-state index >= 15 is 0 Å². The summed E-state index contributed by atoms with van der Waals surface area (Å²) in [5.41, 5.74) is 2.04. The zero-order valence-electron chi connectivity index (χ0n) is 19.2. The number of amides is 2. The summed E-state index contributed by atoms with van der Waals surface area (Å²) < 4.78 is 27.6. The maximum Gasteiger partial charge on any atom is 0.243 e. The summed E-state index contributed by atoms with van der Waals surface area (Å²) in [5, 5.41) is 5.57. The number of benzene rings is 2. The molecule has 0 aliphatic carbocycles. The van der Waals surface area contributed by atoms with E-state index < -0.39 is 10.0 Å². The molecule has 1 aliphatic heterocycles. The van der Waals surface area contributed by atoms with E-state index in [4.69, 9.17) is 0 Å². The number of hydrogen-bond acceptors (Lipinski definition) is 5. The Balaban J connectivity index is 1.62. The van der Waals surface area contributed by atoms with Crippen molar-refractivity contribution in [2.45, 2.75) is 37.0 Å². The van der Waals surface area contributed by atoms with E-state index in [1.807, 2.05) is 49.3 Å². The van der Waals surface area contributed by atoms with E-state index in [2.05, 4.69) is 10.6 Å². The lowest BCUT2D eigenvalue weighted by Gasteiger charge is -2.26. The maximum atomic E-state index is 13.1. The van der Waals surface area contributed by atoms with Gasteiger partial charge < -0.3 is 15.5 Å². The molecule has 2 amide bonds. The molecule has 178 valence electrons. The molecule has 3 rings (SSSR count). The standard InChI is InChI=1S/C24H32N4O4S/c1-27(2)22-12-11-20(33(31,32)28-15-7-4-8-16-28)18-21(22)26-23(29)13-14-25-24(30)17-19-9-5-3-6-10-19/h3,5-6,9-12,18H,4,7-8,13-17H2,1-2H3,(H,25,30)(H,26,29). The quantitative estimate of drug-likeness (QED) is 0.585. The fourth-order valence-electron chi connectivity index (χ4n) is 3.79. The van der Waals surface area contributed by atoms with Crippen molar-refractivity contribution >= 4 is 33.2 Å². The molecule has 2 aromatic carbocycles. The molecule has 0 unspecified atom stereocenters. The second-order valence-electron chi connectivity index (χ2n) is 8.35. The van der Waals surface area contributed by atoms with Crippen molar-refractivity contribution < 1.29 is 18.0 Å². The van der Waals surface area contributed by atoms with Gasteiger partial charge >= 0.3 is 0 Å². The van der Waals surface area contributed by atoms with Gasteiger partial charge in [-0.15, -0.1) is 0 Å². The Labute approximate surface area is 196 Å². The Morgan fingerprint density at radius 1 is 0.970 bits per heavy atom. The van der Waals surface area contributed by atoms with E-state index in [1.54, 1.807) is 12.1 Å². The fraction of sp³-hybridized carbons (Fsp3) is 0.417. The van der Waals surface area contributed by atoms with Crippen LogP contribution < -0.4 is 15.5 Å². The molecule has 2 aromatic rings. The fourth-order valence-corrected chi connectivity index (χ4v) is 5.34. The maximum absolute atomic E-state index is 13.1. The van der Waals surface area contributed by atoms with Crippen LogP contribution in [-0.4, -0.2) is 58.3 Å². The Morgan fingerprint density at radius 3 is 2.33 bits per heavy atom. The van der Waals surface area contributed by atoms with Crippen molar-refractivity contribution in [3.05, 3.63) is 54.1 Å². The second kappa shape index (κ2) is 11.3. The average molecular weight is 473 g/mol. The largest absolute Gasteiger partial charge is 0.376 e.